The van der Waals surface area contributed by atoms with E-state index in [2.05, 4.69) is 15.6 Å². The van der Waals surface area contributed by atoms with E-state index in [0.29, 0.717) is 31.8 Å². The van der Waals surface area contributed by atoms with Gasteiger partial charge in [-0.05, 0) is 67.1 Å². The summed E-state index contributed by atoms with van der Waals surface area (Å²) in [7, 11) is -3.03. The van der Waals surface area contributed by atoms with Crippen LogP contribution in [0.4, 0.5) is 32.4 Å². The second-order valence-corrected chi connectivity index (χ2v) is 14.3. The van der Waals surface area contributed by atoms with Crippen molar-refractivity contribution in [1.29, 1.82) is 0 Å². The average molecular weight is 718 g/mol. The zero-order chi connectivity index (χ0) is 34.8. The molecule has 2 aromatic carbocycles. The van der Waals surface area contributed by atoms with E-state index in [0.717, 1.165) is 24.8 Å². The van der Waals surface area contributed by atoms with Crippen molar-refractivity contribution in [2.75, 3.05) is 24.2 Å². The average Bonchev–Trinajstić information content (AvgIpc) is 3.13. The molecule has 6 N–H and O–H groups in total. The number of hydrogen-bond donors (Lipinski definition) is 6. The third kappa shape index (κ3) is 8.18. The van der Waals surface area contributed by atoms with Crippen molar-refractivity contribution in [2.24, 2.45) is 0 Å². The molecule has 0 aliphatic carbocycles. The van der Waals surface area contributed by atoms with Gasteiger partial charge in [-0.15, -0.1) is 10.8 Å². The number of nitrogens with zero attached hydrogens (tertiary/aromatic N) is 2. The van der Waals surface area contributed by atoms with Gasteiger partial charge < -0.3 is 21.1 Å². The standard InChI is InChI=1S/C31H33ClF5N5O5S/c32-23-9-6-17(12-25(23)34)27(18-11-19(14-38-13-18)31(35,36)37)28(41-30(44)45)29(43)40-26-5-1-4-24(33)22(26)8-7-21-15-39-20-3-2-10-48(46,47)42(21)16-20/h1,4-6,9,11-14,20-21,27-28,39,41,46-47H,2-3,7-8,10,15-16H2,(H,40,43)(H,44,45)/t20?,21?,27-,28-/m0/s1. The van der Waals surface area contributed by atoms with Crippen LogP contribution in [0.1, 0.15) is 47.4 Å². The van der Waals surface area contributed by atoms with Gasteiger partial charge in [-0.25, -0.2) is 17.9 Å². The fourth-order valence-electron chi connectivity index (χ4n) is 6.22. The molecule has 0 radical (unpaired) electrons. The lowest BCUT2D eigenvalue weighted by molar-refractivity contribution is -0.137. The second kappa shape index (κ2) is 14.5. The molecule has 2 fully saturated rings. The van der Waals surface area contributed by atoms with Crippen molar-refractivity contribution in [2.45, 2.75) is 55.9 Å². The molecule has 2 bridgehead atoms. The molecular formula is C31H33ClF5N5O5S. The lowest BCUT2D eigenvalue weighted by Crippen LogP contribution is -2.55. The first-order valence-corrected chi connectivity index (χ1v) is 17.0. The van der Waals surface area contributed by atoms with Crippen LogP contribution in [0, 0.1) is 11.6 Å². The molecule has 2 saturated heterocycles. The third-order valence-electron chi connectivity index (χ3n) is 8.54. The summed E-state index contributed by atoms with van der Waals surface area (Å²) in [6.45, 7) is 0.832. The van der Waals surface area contributed by atoms with E-state index in [4.69, 9.17) is 11.6 Å². The van der Waals surface area contributed by atoms with Gasteiger partial charge in [0.25, 0.3) is 0 Å². The number of hydrogen-bond acceptors (Lipinski definition) is 7. The van der Waals surface area contributed by atoms with Gasteiger partial charge in [0.1, 0.15) is 17.7 Å². The minimum atomic E-state index is -4.84. The lowest BCUT2D eigenvalue weighted by atomic mass is 9.84. The number of nitrogens with one attached hydrogen (secondary N) is 3. The van der Waals surface area contributed by atoms with Crippen molar-refractivity contribution >= 4 is 40.1 Å². The summed E-state index contributed by atoms with van der Waals surface area (Å²) in [5, 5.41) is 17.3. The van der Waals surface area contributed by atoms with E-state index in [1.54, 1.807) is 4.31 Å². The van der Waals surface area contributed by atoms with Crippen molar-refractivity contribution in [3.05, 3.63) is 93.8 Å². The Hall–Kier alpha value is -3.54. The molecule has 10 nitrogen and oxygen atoms in total. The molecule has 1 aromatic heterocycles. The minimum absolute atomic E-state index is 0.0335. The normalized spacial score (nSPS) is 22.5. The number of carbonyl (C=O) groups is 2. The Labute approximate surface area is 279 Å². The molecule has 0 spiro atoms. The van der Waals surface area contributed by atoms with Crippen molar-refractivity contribution in [3.8, 4) is 0 Å². The van der Waals surface area contributed by atoms with Crippen LogP contribution in [0.25, 0.3) is 0 Å². The van der Waals surface area contributed by atoms with E-state index in [1.165, 1.54) is 24.3 Å². The number of carboxylic acid groups (broad SMARTS) is 1. The Bertz CT molecular complexity index is 1670. The van der Waals surface area contributed by atoms with Gasteiger partial charge in [0.2, 0.25) is 5.91 Å². The van der Waals surface area contributed by atoms with Gasteiger partial charge in [-0.2, -0.15) is 13.2 Å². The number of halogens is 6. The van der Waals surface area contributed by atoms with E-state index in [1.807, 2.05) is 5.32 Å². The number of rotatable bonds is 9. The highest BCUT2D eigenvalue weighted by molar-refractivity contribution is 8.22. The zero-order valence-electron chi connectivity index (χ0n) is 25.2. The molecule has 5 atom stereocenters. The first-order chi connectivity index (χ1) is 22.6. The molecule has 2 aliphatic heterocycles. The first-order valence-electron chi connectivity index (χ1n) is 14.9. The predicted molar refractivity (Wildman–Crippen MR) is 170 cm³/mol. The Kier molecular flexibility index (Phi) is 10.8. The SMILES string of the molecule is O=C(O)N[C@H](C(=O)Nc1cccc(F)c1CCC1CNC2CCCS(O)(O)N1C2)[C@H](c1cncc(C(F)(F)F)c1)c1ccc(Cl)c(F)c1. The lowest BCUT2D eigenvalue weighted by Gasteiger charge is -2.49. The Morgan fingerprint density at radius 2 is 1.88 bits per heavy atom. The van der Waals surface area contributed by atoms with Crippen molar-refractivity contribution in [3.63, 3.8) is 0 Å². The molecule has 3 heterocycles. The van der Waals surface area contributed by atoms with Gasteiger partial charge in [0.15, 0.2) is 0 Å². The van der Waals surface area contributed by atoms with Crippen LogP contribution < -0.4 is 16.0 Å². The highest BCUT2D eigenvalue weighted by atomic mass is 35.5. The quantitative estimate of drug-likeness (QED) is 0.138. The Morgan fingerprint density at radius 3 is 2.58 bits per heavy atom. The zero-order valence-corrected chi connectivity index (χ0v) is 26.8. The van der Waals surface area contributed by atoms with Crippen LogP contribution in [-0.2, 0) is 17.4 Å². The first kappa shape index (κ1) is 35.8. The summed E-state index contributed by atoms with van der Waals surface area (Å²) in [6.07, 6.45) is -3.29. The molecule has 2 aliphatic rings. The highest BCUT2D eigenvalue weighted by Crippen LogP contribution is 2.49. The molecule has 48 heavy (non-hydrogen) atoms. The molecule has 260 valence electrons. The predicted octanol–water partition coefficient (Wildman–Crippen LogP) is 6.47. The minimum Gasteiger partial charge on any atom is -0.465 e. The number of benzene rings is 2. The summed E-state index contributed by atoms with van der Waals surface area (Å²) in [5.41, 5.74) is -1.54. The van der Waals surface area contributed by atoms with Gasteiger partial charge in [-0.3, -0.25) is 18.9 Å². The molecule has 2 amide bonds. The van der Waals surface area contributed by atoms with E-state index >= 15 is 4.39 Å². The number of piperazine rings is 1. The van der Waals surface area contributed by atoms with Gasteiger partial charge in [-0.1, -0.05) is 23.7 Å². The third-order valence-corrected chi connectivity index (χ3v) is 10.9. The number of amides is 2. The molecular weight excluding hydrogens is 685 g/mol. The number of pyridine rings is 1. The molecule has 5 rings (SSSR count). The van der Waals surface area contributed by atoms with Gasteiger partial charge in [0, 0.05) is 54.7 Å². The molecule has 17 heteroatoms. The fraction of sp³-hybridized carbons (Fsp3) is 0.387. The smallest absolute Gasteiger partial charge is 0.417 e. The van der Waals surface area contributed by atoms with Gasteiger partial charge >= 0.3 is 12.3 Å². The maximum Gasteiger partial charge on any atom is 0.417 e. The summed E-state index contributed by atoms with van der Waals surface area (Å²) < 4.78 is 94.1. The molecule has 3 aromatic rings. The number of anilines is 1. The van der Waals surface area contributed by atoms with Crippen LogP contribution in [-0.4, -0.2) is 72.5 Å². The van der Waals surface area contributed by atoms with E-state index < -0.39 is 58.1 Å². The topological polar surface area (TPSA) is 147 Å². The summed E-state index contributed by atoms with van der Waals surface area (Å²) in [6, 6.07) is 5.62. The van der Waals surface area contributed by atoms with Crippen molar-refractivity contribution < 1.29 is 45.8 Å². The monoisotopic (exact) mass is 717 g/mol. The van der Waals surface area contributed by atoms with Crippen LogP contribution in [0.5, 0.6) is 0 Å². The van der Waals surface area contributed by atoms with Crippen LogP contribution in [0.15, 0.2) is 54.9 Å². The van der Waals surface area contributed by atoms with Crippen LogP contribution in [0.2, 0.25) is 5.02 Å². The summed E-state index contributed by atoms with van der Waals surface area (Å²) in [4.78, 5) is 29.5. The fourth-order valence-corrected chi connectivity index (χ4v) is 8.21. The number of aromatic nitrogens is 1. The largest absolute Gasteiger partial charge is 0.465 e. The number of carbonyl (C=O) groups excluding carboxylic acids is 1. The van der Waals surface area contributed by atoms with Crippen LogP contribution >= 0.6 is 22.4 Å². The van der Waals surface area contributed by atoms with Crippen molar-refractivity contribution in [1.82, 2.24) is 19.9 Å². The molecule has 0 saturated carbocycles. The number of fused-ring (bicyclic) bond motifs is 2. The summed E-state index contributed by atoms with van der Waals surface area (Å²) >= 11 is 5.83. The van der Waals surface area contributed by atoms with Crippen LogP contribution in [0.3, 0.4) is 0 Å². The maximum absolute atomic E-state index is 15.3. The van der Waals surface area contributed by atoms with E-state index in [9.17, 15) is 41.4 Å². The van der Waals surface area contributed by atoms with E-state index in [-0.39, 0.29) is 58.1 Å². The Balaban J connectivity index is 1.47. The summed E-state index contributed by atoms with van der Waals surface area (Å²) in [5.74, 6) is -4.07. The number of alkyl halides is 3. The highest BCUT2D eigenvalue weighted by Gasteiger charge is 2.39. The maximum atomic E-state index is 15.3. The Morgan fingerprint density at radius 1 is 1.10 bits per heavy atom. The van der Waals surface area contributed by atoms with Gasteiger partial charge in [0.05, 0.1) is 16.3 Å². The molecule has 3 unspecified atom stereocenters. The second-order valence-electron chi connectivity index (χ2n) is 11.7.